The number of hydrogen-bond acceptors (Lipinski definition) is 3. The molecule has 1 N–H and O–H groups in total. The van der Waals surface area contributed by atoms with Gasteiger partial charge in [-0.05, 0) is 6.42 Å². The van der Waals surface area contributed by atoms with Crippen molar-refractivity contribution in [3.8, 4) is 0 Å². The van der Waals surface area contributed by atoms with E-state index in [1.165, 1.54) is 0 Å². The Morgan fingerprint density at radius 1 is 1.80 bits per heavy atom. The van der Waals surface area contributed by atoms with Gasteiger partial charge in [0.15, 0.2) is 6.29 Å². The maximum absolute atomic E-state index is 9.98. The first kappa shape index (κ1) is 7.50. The monoisotopic (exact) mass is 146 g/mol. The van der Waals surface area contributed by atoms with Crippen LogP contribution in [-0.4, -0.2) is 30.6 Å². The summed E-state index contributed by atoms with van der Waals surface area (Å²) in [5.74, 6) is -0.949. The molecule has 58 valence electrons. The van der Waals surface area contributed by atoms with Crippen molar-refractivity contribution in [1.29, 1.82) is 0 Å². The molecule has 4 heteroatoms. The Hall–Kier alpha value is -0.610. The number of rotatable bonds is 3. The highest BCUT2D eigenvalue weighted by atomic mass is 16.7. The van der Waals surface area contributed by atoms with Crippen LogP contribution < -0.4 is 0 Å². The van der Waals surface area contributed by atoms with Crippen molar-refractivity contribution in [3.05, 3.63) is 0 Å². The van der Waals surface area contributed by atoms with Crippen molar-refractivity contribution in [2.24, 2.45) is 0 Å². The summed E-state index contributed by atoms with van der Waals surface area (Å²) in [5.41, 5.74) is 0. The minimum atomic E-state index is -0.949. The molecular weight excluding hydrogens is 136 g/mol. The average Bonchev–Trinajstić information content (AvgIpc) is 2.34. The lowest BCUT2D eigenvalue weighted by Gasteiger charge is -2.07. The molecule has 0 aromatic carbocycles. The Labute approximate surface area is 58.7 Å². The fourth-order valence-electron chi connectivity index (χ4n) is 0.844. The number of ether oxygens (including phenoxy) is 2. The molecule has 1 aliphatic heterocycles. The van der Waals surface area contributed by atoms with Crippen LogP contribution in [0.1, 0.15) is 12.8 Å². The number of carbonyl (C=O) groups is 1. The first-order chi connectivity index (χ1) is 4.79. The van der Waals surface area contributed by atoms with Gasteiger partial charge < -0.3 is 14.6 Å². The molecule has 10 heavy (non-hydrogen) atoms. The van der Waals surface area contributed by atoms with Crippen LogP contribution >= 0.6 is 0 Å². The van der Waals surface area contributed by atoms with Crippen molar-refractivity contribution in [2.75, 3.05) is 13.2 Å². The molecule has 1 saturated heterocycles. The highest BCUT2D eigenvalue weighted by Crippen LogP contribution is 2.12. The lowest BCUT2D eigenvalue weighted by atomic mass is 10.4. The van der Waals surface area contributed by atoms with Gasteiger partial charge in [0.1, 0.15) is 6.61 Å². The minimum Gasteiger partial charge on any atom is -0.480 e. The van der Waals surface area contributed by atoms with Gasteiger partial charge in [-0.25, -0.2) is 4.79 Å². The van der Waals surface area contributed by atoms with E-state index in [-0.39, 0.29) is 12.9 Å². The molecule has 0 saturated carbocycles. The molecule has 0 spiro atoms. The molecule has 0 aromatic rings. The van der Waals surface area contributed by atoms with Crippen LogP contribution in [0.5, 0.6) is 0 Å². The van der Waals surface area contributed by atoms with E-state index in [9.17, 15) is 4.79 Å². The summed E-state index contributed by atoms with van der Waals surface area (Å²) >= 11 is 0. The molecule has 1 fully saturated rings. The minimum absolute atomic E-state index is 0.259. The third kappa shape index (κ3) is 2.33. The molecule has 0 aromatic heterocycles. The standard InChI is InChI=1S/C6H10O4/c7-5(8)4-10-6-2-1-3-9-6/h6H,1-4H2,(H,7,8). The fourth-order valence-corrected chi connectivity index (χ4v) is 0.844. The van der Waals surface area contributed by atoms with Gasteiger partial charge in [-0.2, -0.15) is 0 Å². The van der Waals surface area contributed by atoms with Gasteiger partial charge in [0.05, 0.1) is 0 Å². The SMILES string of the molecule is O=C(O)COC1CCCO1. The third-order valence-electron chi connectivity index (χ3n) is 1.28. The molecule has 1 unspecified atom stereocenters. The number of carboxylic acids is 1. The van der Waals surface area contributed by atoms with Gasteiger partial charge >= 0.3 is 5.97 Å². The summed E-state index contributed by atoms with van der Waals surface area (Å²) in [6.45, 7) is 0.426. The van der Waals surface area contributed by atoms with Gasteiger partial charge in [0.2, 0.25) is 0 Å². The van der Waals surface area contributed by atoms with E-state index in [2.05, 4.69) is 0 Å². The van der Waals surface area contributed by atoms with E-state index < -0.39 is 5.97 Å². The summed E-state index contributed by atoms with van der Waals surface area (Å²) in [5, 5.41) is 8.19. The predicted octanol–water partition coefficient (Wildman–Crippen LogP) is 0.224. The highest BCUT2D eigenvalue weighted by Gasteiger charge is 2.16. The van der Waals surface area contributed by atoms with Crippen LogP contribution in [0.15, 0.2) is 0 Å². The molecule has 1 aliphatic rings. The zero-order valence-electron chi connectivity index (χ0n) is 5.58. The second kappa shape index (κ2) is 3.53. The lowest BCUT2D eigenvalue weighted by Crippen LogP contribution is -2.16. The van der Waals surface area contributed by atoms with Crippen LogP contribution in [0.3, 0.4) is 0 Å². The zero-order chi connectivity index (χ0) is 7.40. The Morgan fingerprint density at radius 3 is 3.10 bits per heavy atom. The molecule has 0 amide bonds. The smallest absolute Gasteiger partial charge is 0.329 e. The topological polar surface area (TPSA) is 55.8 Å². The molecule has 1 heterocycles. The van der Waals surface area contributed by atoms with E-state index in [1.807, 2.05) is 0 Å². The Kier molecular flexibility index (Phi) is 2.65. The lowest BCUT2D eigenvalue weighted by molar-refractivity contribution is -0.158. The average molecular weight is 146 g/mol. The van der Waals surface area contributed by atoms with Crippen molar-refractivity contribution in [3.63, 3.8) is 0 Å². The van der Waals surface area contributed by atoms with Crippen molar-refractivity contribution >= 4 is 5.97 Å². The predicted molar refractivity (Wildman–Crippen MR) is 32.6 cm³/mol. The third-order valence-corrected chi connectivity index (χ3v) is 1.28. The molecular formula is C6H10O4. The number of carboxylic acid groups (broad SMARTS) is 1. The summed E-state index contributed by atoms with van der Waals surface area (Å²) in [6.07, 6.45) is 1.49. The maximum atomic E-state index is 9.98. The van der Waals surface area contributed by atoms with Gasteiger partial charge in [-0.15, -0.1) is 0 Å². The molecule has 1 atom stereocenters. The molecule has 0 aliphatic carbocycles. The summed E-state index contributed by atoms with van der Waals surface area (Å²) in [7, 11) is 0. The molecule has 0 radical (unpaired) electrons. The molecule has 0 bridgehead atoms. The van der Waals surface area contributed by atoms with Crippen molar-refractivity contribution < 1.29 is 19.4 Å². The van der Waals surface area contributed by atoms with Gasteiger partial charge in [-0.3, -0.25) is 0 Å². The fraction of sp³-hybridized carbons (Fsp3) is 0.833. The van der Waals surface area contributed by atoms with Crippen molar-refractivity contribution in [2.45, 2.75) is 19.1 Å². The summed E-state index contributed by atoms with van der Waals surface area (Å²) in [6, 6.07) is 0. The second-order valence-corrected chi connectivity index (χ2v) is 2.15. The van der Waals surface area contributed by atoms with Crippen LogP contribution in [0.2, 0.25) is 0 Å². The first-order valence-electron chi connectivity index (χ1n) is 3.24. The van der Waals surface area contributed by atoms with Gasteiger partial charge in [0, 0.05) is 13.0 Å². The zero-order valence-corrected chi connectivity index (χ0v) is 5.58. The van der Waals surface area contributed by atoms with E-state index in [0.29, 0.717) is 6.61 Å². The van der Waals surface area contributed by atoms with Gasteiger partial charge in [0.25, 0.3) is 0 Å². The second-order valence-electron chi connectivity index (χ2n) is 2.15. The quantitative estimate of drug-likeness (QED) is 0.619. The van der Waals surface area contributed by atoms with E-state index in [1.54, 1.807) is 0 Å². The Balaban J connectivity index is 2.07. The Morgan fingerprint density at radius 2 is 2.60 bits per heavy atom. The van der Waals surface area contributed by atoms with Gasteiger partial charge in [-0.1, -0.05) is 0 Å². The van der Waals surface area contributed by atoms with Crippen LogP contribution in [0.25, 0.3) is 0 Å². The number of hydrogen-bond donors (Lipinski definition) is 1. The van der Waals surface area contributed by atoms with Crippen LogP contribution in [0.4, 0.5) is 0 Å². The largest absolute Gasteiger partial charge is 0.480 e. The van der Waals surface area contributed by atoms with Crippen LogP contribution in [-0.2, 0) is 14.3 Å². The van der Waals surface area contributed by atoms with Crippen LogP contribution in [0, 0.1) is 0 Å². The maximum Gasteiger partial charge on any atom is 0.329 e. The summed E-state index contributed by atoms with van der Waals surface area (Å²) in [4.78, 5) is 9.98. The van der Waals surface area contributed by atoms with Crippen molar-refractivity contribution in [1.82, 2.24) is 0 Å². The highest BCUT2D eigenvalue weighted by molar-refractivity contribution is 5.67. The molecule has 1 rings (SSSR count). The Bertz CT molecular complexity index is 117. The van der Waals surface area contributed by atoms with E-state index in [4.69, 9.17) is 14.6 Å². The normalized spacial score (nSPS) is 25.0. The molecule has 4 nitrogen and oxygen atoms in total. The van der Waals surface area contributed by atoms with E-state index in [0.717, 1.165) is 12.8 Å². The number of aliphatic carboxylic acids is 1. The van der Waals surface area contributed by atoms with E-state index >= 15 is 0 Å². The summed E-state index contributed by atoms with van der Waals surface area (Å²) < 4.78 is 9.86. The first-order valence-corrected chi connectivity index (χ1v) is 3.24.